The van der Waals surface area contributed by atoms with Crippen LogP contribution in [0.5, 0.6) is 5.75 Å². The van der Waals surface area contributed by atoms with Gasteiger partial charge in [-0.1, -0.05) is 60.7 Å². The van der Waals surface area contributed by atoms with Gasteiger partial charge in [-0.15, -0.1) is 0 Å². The number of halogens is 1. The van der Waals surface area contributed by atoms with Crippen LogP contribution in [-0.4, -0.2) is 26.0 Å². The zero-order valence-electron chi connectivity index (χ0n) is 19.0. The first-order valence-electron chi connectivity index (χ1n) is 11.4. The molecule has 8 heteroatoms. The fourth-order valence-electron chi connectivity index (χ4n) is 4.68. The fourth-order valence-corrected chi connectivity index (χ4v) is 4.68. The lowest BCUT2D eigenvalue weighted by atomic mass is 9.84. The molecule has 1 atom stereocenters. The molecule has 0 saturated heterocycles. The number of rotatable bonds is 5. The van der Waals surface area contributed by atoms with E-state index >= 15 is 0 Å². The van der Waals surface area contributed by atoms with Gasteiger partial charge in [0.1, 0.15) is 48.0 Å². The Labute approximate surface area is 205 Å². The molecule has 1 unspecified atom stereocenters. The molecular formula is C28H20FN5O2. The van der Waals surface area contributed by atoms with Crippen LogP contribution in [0.1, 0.15) is 17.0 Å². The minimum absolute atomic E-state index is 0.172. The topological polar surface area (TPSA) is 95.9 Å². The smallest absolute Gasteiger partial charge is 0.164 e. The molecule has 0 fully saturated rings. The average molecular weight is 477 g/mol. The van der Waals surface area contributed by atoms with Crippen LogP contribution in [0.4, 0.5) is 10.2 Å². The normalized spacial score (nSPS) is 15.0. The number of benzene rings is 3. The van der Waals surface area contributed by atoms with Gasteiger partial charge in [0.25, 0.3) is 0 Å². The SMILES string of the molecule is Nc1ncnc2c1c(-c1cccc(F)c1)nn2CC1=C(c2ccccc2)C(C=O)c2ccccc2O1. The number of nitrogens with zero attached hydrogens (tertiary/aromatic N) is 4. The van der Waals surface area contributed by atoms with Gasteiger partial charge in [-0.05, 0) is 23.8 Å². The van der Waals surface area contributed by atoms with Crippen LogP contribution in [0.2, 0.25) is 0 Å². The van der Waals surface area contributed by atoms with Gasteiger partial charge in [-0.2, -0.15) is 5.10 Å². The highest BCUT2D eigenvalue weighted by Gasteiger charge is 2.31. The number of aromatic nitrogens is 4. The highest BCUT2D eigenvalue weighted by molar-refractivity contribution is 5.98. The third-order valence-electron chi connectivity index (χ3n) is 6.27. The number of carbonyl (C=O) groups excluding carboxylic acids is 1. The average Bonchev–Trinajstić information content (AvgIpc) is 3.28. The first-order valence-corrected chi connectivity index (χ1v) is 11.4. The quantitative estimate of drug-likeness (QED) is 0.358. The Morgan fingerprint density at radius 3 is 2.56 bits per heavy atom. The van der Waals surface area contributed by atoms with Crippen molar-refractivity contribution in [3.05, 3.63) is 108 Å². The van der Waals surface area contributed by atoms with Crippen LogP contribution in [0.3, 0.4) is 0 Å². The third kappa shape index (κ3) is 3.60. The molecule has 0 spiro atoms. The van der Waals surface area contributed by atoms with E-state index in [9.17, 15) is 9.18 Å². The van der Waals surface area contributed by atoms with Gasteiger partial charge in [-0.3, -0.25) is 0 Å². The molecule has 6 rings (SSSR count). The molecule has 176 valence electrons. The summed E-state index contributed by atoms with van der Waals surface area (Å²) in [5.41, 5.74) is 10.1. The van der Waals surface area contributed by atoms with Gasteiger partial charge in [-0.25, -0.2) is 19.0 Å². The van der Waals surface area contributed by atoms with Gasteiger partial charge in [0, 0.05) is 16.7 Å². The number of hydrogen-bond donors (Lipinski definition) is 1. The molecule has 7 nitrogen and oxygen atoms in total. The minimum Gasteiger partial charge on any atom is -0.459 e. The third-order valence-corrected chi connectivity index (χ3v) is 6.27. The lowest BCUT2D eigenvalue weighted by Gasteiger charge is -2.28. The van der Waals surface area contributed by atoms with Crippen LogP contribution in [0.25, 0.3) is 27.9 Å². The van der Waals surface area contributed by atoms with Crippen LogP contribution >= 0.6 is 0 Å². The second-order valence-corrected chi connectivity index (χ2v) is 8.43. The maximum absolute atomic E-state index is 14.0. The molecule has 2 aromatic heterocycles. The predicted molar refractivity (Wildman–Crippen MR) is 134 cm³/mol. The van der Waals surface area contributed by atoms with E-state index in [1.165, 1.54) is 18.5 Å². The molecule has 36 heavy (non-hydrogen) atoms. The Morgan fingerprint density at radius 1 is 0.972 bits per heavy atom. The Kier molecular flexibility index (Phi) is 5.26. The van der Waals surface area contributed by atoms with Gasteiger partial charge < -0.3 is 15.3 Å². The van der Waals surface area contributed by atoms with E-state index in [0.29, 0.717) is 33.8 Å². The van der Waals surface area contributed by atoms with Gasteiger partial charge in [0.05, 0.1) is 11.3 Å². The van der Waals surface area contributed by atoms with E-state index in [0.717, 1.165) is 23.0 Å². The minimum atomic E-state index is -0.517. The first kappa shape index (κ1) is 21.7. The number of hydrogen-bond acceptors (Lipinski definition) is 6. The maximum Gasteiger partial charge on any atom is 0.164 e. The predicted octanol–water partition coefficient (Wildman–Crippen LogP) is 5.00. The maximum atomic E-state index is 14.0. The summed E-state index contributed by atoms with van der Waals surface area (Å²) in [7, 11) is 0. The Bertz CT molecular complexity index is 1640. The fraction of sp³-hybridized carbons (Fsp3) is 0.0714. The van der Waals surface area contributed by atoms with E-state index in [2.05, 4.69) is 9.97 Å². The van der Waals surface area contributed by atoms with Gasteiger partial charge in [0.15, 0.2) is 5.65 Å². The number of ether oxygens (including phenoxy) is 1. The monoisotopic (exact) mass is 477 g/mol. The van der Waals surface area contributed by atoms with Crippen molar-refractivity contribution >= 4 is 28.7 Å². The Hall–Kier alpha value is -4.85. The first-order chi connectivity index (χ1) is 17.6. The van der Waals surface area contributed by atoms with Crippen LogP contribution < -0.4 is 10.5 Å². The van der Waals surface area contributed by atoms with Crippen molar-refractivity contribution in [1.29, 1.82) is 0 Å². The van der Waals surface area contributed by atoms with E-state index in [1.807, 2.05) is 54.6 Å². The number of aldehydes is 1. The van der Waals surface area contributed by atoms with Crippen molar-refractivity contribution in [2.24, 2.45) is 0 Å². The second kappa shape index (κ2) is 8.74. The van der Waals surface area contributed by atoms with Crippen LogP contribution in [-0.2, 0) is 11.3 Å². The van der Waals surface area contributed by atoms with Crippen molar-refractivity contribution in [2.45, 2.75) is 12.5 Å². The number of allylic oxidation sites excluding steroid dienone is 2. The Morgan fingerprint density at radius 2 is 1.75 bits per heavy atom. The standard InChI is InChI=1S/C28H20FN5O2/c29-19-10-6-9-18(13-19)26-25-27(30)31-16-32-28(25)34(33-26)14-23-24(17-7-2-1-3-8-17)21(15-35)20-11-4-5-12-22(20)36-23/h1-13,15-16,21H,14H2,(H2,30,31,32). The molecule has 3 aromatic carbocycles. The number of para-hydroxylation sites is 1. The molecule has 0 aliphatic carbocycles. The highest BCUT2D eigenvalue weighted by atomic mass is 19.1. The van der Waals surface area contributed by atoms with Crippen LogP contribution in [0, 0.1) is 5.82 Å². The Balaban J connectivity index is 1.55. The number of anilines is 1. The molecule has 0 amide bonds. The molecule has 0 saturated carbocycles. The second-order valence-electron chi connectivity index (χ2n) is 8.43. The molecule has 2 N–H and O–H groups in total. The zero-order chi connectivity index (χ0) is 24.6. The molecule has 5 aromatic rings. The summed E-state index contributed by atoms with van der Waals surface area (Å²) in [6, 6.07) is 23.3. The molecule has 1 aliphatic rings. The lowest BCUT2D eigenvalue weighted by molar-refractivity contribution is -0.108. The summed E-state index contributed by atoms with van der Waals surface area (Å²) in [4.78, 5) is 20.9. The number of nitrogens with two attached hydrogens (primary N) is 1. The largest absolute Gasteiger partial charge is 0.459 e. The van der Waals surface area contributed by atoms with Crippen LogP contribution in [0.15, 0.2) is 90.9 Å². The van der Waals surface area contributed by atoms with E-state index in [1.54, 1.807) is 16.8 Å². The van der Waals surface area contributed by atoms with E-state index in [-0.39, 0.29) is 18.2 Å². The molecule has 0 bridgehead atoms. The summed E-state index contributed by atoms with van der Waals surface area (Å²) in [6.45, 7) is 0.172. The van der Waals surface area contributed by atoms with E-state index < -0.39 is 5.92 Å². The number of fused-ring (bicyclic) bond motifs is 2. The molecule has 3 heterocycles. The lowest BCUT2D eigenvalue weighted by Crippen LogP contribution is -2.20. The molecular weight excluding hydrogens is 457 g/mol. The number of nitrogen functional groups attached to an aromatic ring is 1. The van der Waals surface area contributed by atoms with E-state index in [4.69, 9.17) is 15.6 Å². The zero-order valence-corrected chi connectivity index (χ0v) is 19.0. The summed E-state index contributed by atoms with van der Waals surface area (Å²) in [6.07, 6.45) is 2.30. The summed E-state index contributed by atoms with van der Waals surface area (Å²) in [5, 5.41) is 5.28. The van der Waals surface area contributed by atoms with Gasteiger partial charge >= 0.3 is 0 Å². The summed E-state index contributed by atoms with van der Waals surface area (Å²) in [5.74, 6) is 0.505. The highest BCUT2D eigenvalue weighted by Crippen LogP contribution is 2.43. The van der Waals surface area contributed by atoms with Crippen molar-refractivity contribution < 1.29 is 13.9 Å². The van der Waals surface area contributed by atoms with Crippen molar-refractivity contribution in [1.82, 2.24) is 19.7 Å². The summed E-state index contributed by atoms with van der Waals surface area (Å²) >= 11 is 0. The van der Waals surface area contributed by atoms with Crippen molar-refractivity contribution in [3.63, 3.8) is 0 Å². The summed E-state index contributed by atoms with van der Waals surface area (Å²) < 4.78 is 22.1. The van der Waals surface area contributed by atoms with Crippen molar-refractivity contribution in [2.75, 3.05) is 5.73 Å². The number of carbonyl (C=O) groups is 1. The molecule has 1 aliphatic heterocycles. The van der Waals surface area contributed by atoms with Crippen molar-refractivity contribution in [3.8, 4) is 17.0 Å². The van der Waals surface area contributed by atoms with Gasteiger partial charge in [0.2, 0.25) is 0 Å². The molecule has 0 radical (unpaired) electrons.